The number of nitrogens with zero attached hydrogens (tertiary/aromatic N) is 3. The molecule has 2 aliphatic rings. The summed E-state index contributed by atoms with van der Waals surface area (Å²) in [6.07, 6.45) is 7.52. The predicted octanol–water partition coefficient (Wildman–Crippen LogP) is 7.35. The smallest absolute Gasteiger partial charge is 0.153 e. The van der Waals surface area contributed by atoms with Gasteiger partial charge in [-0.3, -0.25) is 9.69 Å². The van der Waals surface area contributed by atoms with Crippen LogP contribution in [0.15, 0.2) is 66.9 Å². The van der Waals surface area contributed by atoms with Crippen molar-refractivity contribution in [1.29, 1.82) is 0 Å². The number of hydrogen-bond donors (Lipinski definition) is 1. The quantitative estimate of drug-likeness (QED) is 0.292. The topological polar surface area (TPSA) is 71.7 Å². The number of nitrogen functional groups attached to an aromatic ring is 1. The Labute approximate surface area is 242 Å². The Hall–Kier alpha value is -3.61. The van der Waals surface area contributed by atoms with Gasteiger partial charge in [0.05, 0.1) is 11.8 Å². The van der Waals surface area contributed by atoms with Crippen LogP contribution >= 0.6 is 11.6 Å². The van der Waals surface area contributed by atoms with Crippen LogP contribution in [0.4, 0.5) is 11.5 Å². The van der Waals surface area contributed by atoms with Crippen LogP contribution in [0, 0.1) is 5.92 Å². The van der Waals surface area contributed by atoms with Gasteiger partial charge in [-0.1, -0.05) is 48.9 Å². The molecule has 0 saturated carbocycles. The third kappa shape index (κ3) is 6.24. The number of aromatic nitrogens is 1. The lowest BCUT2D eigenvalue weighted by molar-refractivity contribution is 0.112. The van der Waals surface area contributed by atoms with Crippen molar-refractivity contribution in [2.45, 2.75) is 39.2 Å². The summed E-state index contributed by atoms with van der Waals surface area (Å²) in [4.78, 5) is 20.9. The minimum atomic E-state index is 0.374. The van der Waals surface area contributed by atoms with Crippen LogP contribution in [0.5, 0.6) is 11.5 Å². The van der Waals surface area contributed by atoms with Gasteiger partial charge in [-0.25, -0.2) is 4.98 Å². The van der Waals surface area contributed by atoms with E-state index < -0.39 is 0 Å². The minimum absolute atomic E-state index is 0.374. The van der Waals surface area contributed by atoms with Crippen molar-refractivity contribution in [3.8, 4) is 11.5 Å². The lowest BCUT2D eigenvalue weighted by Crippen LogP contribution is -2.52. The highest BCUT2D eigenvalue weighted by Crippen LogP contribution is 2.37. The Balaban J connectivity index is 1.31. The maximum Gasteiger partial charge on any atom is 0.153 e. The molecule has 40 heavy (non-hydrogen) atoms. The Kier molecular flexibility index (Phi) is 8.57. The number of ether oxygens (including phenoxy) is 1. The van der Waals surface area contributed by atoms with Gasteiger partial charge in [0, 0.05) is 54.6 Å². The molecule has 1 aliphatic heterocycles. The Morgan fingerprint density at radius 2 is 1.93 bits per heavy atom. The van der Waals surface area contributed by atoms with Crippen molar-refractivity contribution in [1.82, 2.24) is 9.88 Å². The minimum Gasteiger partial charge on any atom is -0.455 e. The molecule has 0 bridgehead atoms. The summed E-state index contributed by atoms with van der Waals surface area (Å²) in [7, 11) is 0. The molecule has 208 valence electrons. The summed E-state index contributed by atoms with van der Waals surface area (Å²) in [5.74, 6) is 2.09. The van der Waals surface area contributed by atoms with Crippen LogP contribution in [0.1, 0.15) is 54.6 Å². The van der Waals surface area contributed by atoms with Crippen molar-refractivity contribution < 1.29 is 9.53 Å². The molecule has 1 aromatic heterocycles. The zero-order chi connectivity index (χ0) is 28.2. The largest absolute Gasteiger partial charge is 0.455 e. The molecule has 0 unspecified atom stereocenters. The van der Waals surface area contributed by atoms with E-state index in [1.54, 1.807) is 23.9 Å². The second kappa shape index (κ2) is 12.3. The summed E-state index contributed by atoms with van der Waals surface area (Å²) < 4.78 is 6.10. The highest BCUT2D eigenvalue weighted by atomic mass is 35.5. The molecular formula is C33H37ClN4O2. The fraction of sp³-hybridized carbons (Fsp3) is 0.333. The number of anilines is 2. The molecule has 6 nitrogen and oxygen atoms in total. The highest BCUT2D eigenvalue weighted by molar-refractivity contribution is 6.30. The lowest BCUT2D eigenvalue weighted by atomic mass is 9.81. The maximum atomic E-state index is 11.8. The summed E-state index contributed by atoms with van der Waals surface area (Å²) in [5.41, 5.74) is 12.5. The van der Waals surface area contributed by atoms with Crippen molar-refractivity contribution in [2.75, 3.05) is 36.8 Å². The zero-order valence-corrected chi connectivity index (χ0v) is 24.0. The molecule has 0 amide bonds. The number of aldehydes is 1. The molecule has 5 rings (SSSR count). The number of halogens is 1. The molecule has 2 heterocycles. The molecule has 0 radical (unpaired) electrons. The molecular weight excluding hydrogens is 520 g/mol. The number of nitrogens with two attached hydrogens (primary N) is 1. The molecule has 2 N–H and O–H groups in total. The number of pyridine rings is 1. The average molecular weight is 557 g/mol. The van der Waals surface area contributed by atoms with E-state index in [1.165, 1.54) is 17.6 Å². The van der Waals surface area contributed by atoms with Gasteiger partial charge in [0.2, 0.25) is 0 Å². The highest BCUT2D eigenvalue weighted by Gasteiger charge is 2.27. The van der Waals surface area contributed by atoms with Gasteiger partial charge in [0.15, 0.2) is 6.29 Å². The Bertz CT molecular complexity index is 1420. The lowest BCUT2D eigenvalue weighted by Gasteiger charge is -2.42. The fourth-order valence-electron chi connectivity index (χ4n) is 5.75. The molecule has 7 heteroatoms. The van der Waals surface area contributed by atoms with E-state index in [9.17, 15) is 4.79 Å². The van der Waals surface area contributed by atoms with Gasteiger partial charge >= 0.3 is 0 Å². The van der Waals surface area contributed by atoms with Crippen LogP contribution in [0.2, 0.25) is 5.02 Å². The van der Waals surface area contributed by atoms with E-state index in [4.69, 9.17) is 22.1 Å². The van der Waals surface area contributed by atoms with Crippen molar-refractivity contribution in [3.05, 3.63) is 88.6 Å². The number of benzene rings is 2. The SMILES string of the molecule is C=Cc1cc(Oc2cc(N3CCN(CC4=C(c5ccc(Cl)cc5)C[C@@H](C)CC4)[C@H](C)C3)ccc2C=O)cnc1N. The van der Waals surface area contributed by atoms with E-state index in [2.05, 4.69) is 47.3 Å². The molecule has 1 fully saturated rings. The van der Waals surface area contributed by atoms with Crippen LogP contribution in [0.3, 0.4) is 0 Å². The van der Waals surface area contributed by atoms with Gasteiger partial charge in [0.25, 0.3) is 0 Å². The number of carbonyl (C=O) groups is 1. The van der Waals surface area contributed by atoms with Crippen molar-refractivity contribution in [2.24, 2.45) is 5.92 Å². The summed E-state index contributed by atoms with van der Waals surface area (Å²) in [6.45, 7) is 12.2. The van der Waals surface area contributed by atoms with E-state index in [-0.39, 0.29) is 0 Å². The first-order valence-electron chi connectivity index (χ1n) is 14.0. The summed E-state index contributed by atoms with van der Waals surface area (Å²) in [6, 6.07) is 16.2. The molecule has 3 aromatic rings. The number of rotatable bonds is 8. The molecule has 1 aliphatic carbocycles. The van der Waals surface area contributed by atoms with Gasteiger partial charge < -0.3 is 15.4 Å². The van der Waals surface area contributed by atoms with E-state index in [0.717, 1.165) is 56.0 Å². The van der Waals surface area contributed by atoms with E-state index >= 15 is 0 Å². The first kappa shape index (κ1) is 27.9. The normalized spacial score (nSPS) is 19.9. The zero-order valence-electron chi connectivity index (χ0n) is 23.3. The van der Waals surface area contributed by atoms with Crippen molar-refractivity contribution >= 4 is 41.0 Å². The standard InChI is InChI=1S/C33H37ClN4O2/c1-4-24-16-30(18-36-33(24)35)40-32-17-29(12-9-27(32)21-39)38-14-13-37(23(3)19-38)20-26-6-5-22(2)15-31(26)25-7-10-28(34)11-8-25/h4,7-12,16-18,21-23H,1,5-6,13-15,19-20H2,2-3H3,(H2,35,36)/t22-,23+/m0/s1. The molecule has 2 atom stereocenters. The van der Waals surface area contributed by atoms with Crippen LogP contribution in [0.25, 0.3) is 11.6 Å². The number of carbonyl (C=O) groups excluding carboxylic acids is 1. The number of hydrogen-bond acceptors (Lipinski definition) is 6. The molecule has 2 aromatic carbocycles. The van der Waals surface area contributed by atoms with Crippen LogP contribution < -0.4 is 15.4 Å². The Morgan fingerprint density at radius 3 is 2.65 bits per heavy atom. The average Bonchev–Trinajstić information content (AvgIpc) is 2.96. The van der Waals surface area contributed by atoms with Gasteiger partial charge in [-0.2, -0.15) is 0 Å². The first-order valence-corrected chi connectivity index (χ1v) is 14.3. The van der Waals surface area contributed by atoms with E-state index in [0.29, 0.717) is 40.4 Å². The third-order valence-electron chi connectivity index (χ3n) is 8.13. The monoisotopic (exact) mass is 556 g/mol. The molecule has 0 spiro atoms. The second-order valence-corrected chi connectivity index (χ2v) is 11.4. The van der Waals surface area contributed by atoms with Gasteiger partial charge in [-0.15, -0.1) is 0 Å². The third-order valence-corrected chi connectivity index (χ3v) is 8.38. The van der Waals surface area contributed by atoms with Crippen LogP contribution in [-0.4, -0.2) is 48.4 Å². The van der Waals surface area contributed by atoms with Crippen molar-refractivity contribution in [3.63, 3.8) is 0 Å². The van der Waals surface area contributed by atoms with Gasteiger partial charge in [0.1, 0.15) is 17.3 Å². The molecule has 1 saturated heterocycles. The fourth-order valence-corrected chi connectivity index (χ4v) is 5.87. The Morgan fingerprint density at radius 1 is 1.12 bits per heavy atom. The second-order valence-electron chi connectivity index (χ2n) is 11.0. The van der Waals surface area contributed by atoms with Gasteiger partial charge in [-0.05, 0) is 73.6 Å². The number of allylic oxidation sites excluding steroid dienone is 1. The summed E-state index contributed by atoms with van der Waals surface area (Å²) in [5, 5.41) is 0.779. The first-order chi connectivity index (χ1) is 19.3. The predicted molar refractivity (Wildman–Crippen MR) is 165 cm³/mol. The summed E-state index contributed by atoms with van der Waals surface area (Å²) >= 11 is 6.17. The maximum absolute atomic E-state index is 11.8. The van der Waals surface area contributed by atoms with E-state index in [1.807, 2.05) is 30.3 Å². The van der Waals surface area contributed by atoms with Crippen LogP contribution in [-0.2, 0) is 0 Å². The number of piperazine rings is 1.